The van der Waals surface area contributed by atoms with Crippen molar-refractivity contribution in [2.75, 3.05) is 0 Å². The van der Waals surface area contributed by atoms with E-state index in [1.165, 1.54) is 0 Å². The molecule has 1 amide bonds. The minimum atomic E-state index is -0.509. The quantitative estimate of drug-likeness (QED) is 0.239. The van der Waals surface area contributed by atoms with Crippen molar-refractivity contribution >= 4 is 5.91 Å². The fourth-order valence-electron chi connectivity index (χ4n) is 4.56. The number of carbonyl (C=O) groups is 1. The van der Waals surface area contributed by atoms with Crippen LogP contribution in [0.2, 0.25) is 0 Å². The minimum Gasteiger partial charge on any atom is -0.388 e. The highest BCUT2D eigenvalue weighted by Crippen LogP contribution is 2.46. The molecule has 0 aromatic heterocycles. The van der Waals surface area contributed by atoms with Gasteiger partial charge in [0.05, 0.1) is 18.3 Å². The van der Waals surface area contributed by atoms with E-state index in [0.717, 1.165) is 37.7 Å². The molecule has 2 aliphatic heterocycles. The molecule has 2 unspecified atom stereocenters. The summed E-state index contributed by atoms with van der Waals surface area (Å²) < 4.78 is 6.15. The molecule has 0 radical (unpaired) electrons. The molecule has 29 heavy (non-hydrogen) atoms. The Morgan fingerprint density at radius 1 is 1.24 bits per heavy atom. The second-order valence-electron chi connectivity index (χ2n) is 8.24. The zero-order valence-electron chi connectivity index (χ0n) is 17.1. The van der Waals surface area contributed by atoms with Gasteiger partial charge in [0.1, 0.15) is 0 Å². The summed E-state index contributed by atoms with van der Waals surface area (Å²) in [6.45, 7) is 2.05. The molecule has 3 N–H and O–H groups in total. The summed E-state index contributed by atoms with van der Waals surface area (Å²) >= 11 is 0. The first-order valence-electron chi connectivity index (χ1n) is 10.7. The topological polar surface area (TPSA) is 78.8 Å². The summed E-state index contributed by atoms with van der Waals surface area (Å²) in [7, 11) is 0. The van der Waals surface area contributed by atoms with Gasteiger partial charge in [0.15, 0.2) is 0 Å². The van der Waals surface area contributed by atoms with Crippen molar-refractivity contribution in [3.8, 4) is 0 Å². The van der Waals surface area contributed by atoms with Gasteiger partial charge in [-0.3, -0.25) is 10.0 Å². The Bertz CT molecular complexity index is 702. The summed E-state index contributed by atoms with van der Waals surface area (Å²) in [5.41, 5.74) is 2.80. The summed E-state index contributed by atoms with van der Waals surface area (Å²) in [5, 5.41) is 19.1. The highest BCUT2D eigenvalue weighted by atomic mass is 16.5. The zero-order chi connectivity index (χ0) is 20.6. The third-order valence-electron chi connectivity index (χ3n) is 6.33. The number of aliphatic hydroxyl groups is 1. The molecule has 2 saturated heterocycles. The monoisotopic (exact) mass is 399 g/mol. The van der Waals surface area contributed by atoms with Crippen LogP contribution in [0.1, 0.15) is 56.9 Å². The van der Waals surface area contributed by atoms with Crippen LogP contribution in [0.15, 0.2) is 54.6 Å². The predicted molar refractivity (Wildman–Crippen MR) is 112 cm³/mol. The maximum absolute atomic E-state index is 11.0. The molecule has 2 heterocycles. The second-order valence-corrected chi connectivity index (χ2v) is 8.24. The predicted octanol–water partition coefficient (Wildman–Crippen LogP) is 4.12. The van der Waals surface area contributed by atoms with E-state index in [2.05, 4.69) is 37.3 Å². The van der Waals surface area contributed by atoms with Gasteiger partial charge in [-0.05, 0) is 43.6 Å². The molecular formula is C24H33NO4. The molecule has 0 saturated carbocycles. The lowest BCUT2D eigenvalue weighted by Gasteiger charge is -2.25. The van der Waals surface area contributed by atoms with Crippen molar-refractivity contribution in [2.24, 2.45) is 11.8 Å². The van der Waals surface area contributed by atoms with Crippen molar-refractivity contribution in [3.63, 3.8) is 0 Å². The molecule has 2 fully saturated rings. The van der Waals surface area contributed by atoms with Crippen LogP contribution in [0.4, 0.5) is 0 Å². The third-order valence-corrected chi connectivity index (χ3v) is 6.33. The highest BCUT2D eigenvalue weighted by molar-refractivity contribution is 5.74. The van der Waals surface area contributed by atoms with Crippen LogP contribution >= 0.6 is 0 Å². The normalized spacial score (nSPS) is 28.2. The summed E-state index contributed by atoms with van der Waals surface area (Å²) in [6, 6.07) is 10.1. The Kier molecular flexibility index (Phi) is 8.04. The van der Waals surface area contributed by atoms with Crippen LogP contribution in [-0.2, 0) is 9.53 Å². The van der Waals surface area contributed by atoms with Crippen LogP contribution in [-0.4, -0.2) is 34.5 Å². The Labute approximate surface area is 173 Å². The van der Waals surface area contributed by atoms with Gasteiger partial charge in [-0.1, -0.05) is 61.6 Å². The van der Waals surface area contributed by atoms with Crippen molar-refractivity contribution in [1.82, 2.24) is 5.48 Å². The Morgan fingerprint density at radius 3 is 2.76 bits per heavy atom. The fourth-order valence-corrected chi connectivity index (χ4v) is 4.56. The number of hydroxylamine groups is 1. The van der Waals surface area contributed by atoms with Gasteiger partial charge in [-0.2, -0.15) is 0 Å². The van der Waals surface area contributed by atoms with Gasteiger partial charge >= 0.3 is 0 Å². The first-order chi connectivity index (χ1) is 14.1. The van der Waals surface area contributed by atoms with E-state index in [9.17, 15) is 9.90 Å². The average molecular weight is 400 g/mol. The number of unbranched alkanes of at least 4 members (excludes halogenated alkanes) is 1. The Morgan fingerprint density at radius 2 is 2.00 bits per heavy atom. The number of allylic oxidation sites excluding steroid dienone is 2. The molecule has 5 nitrogen and oxygen atoms in total. The van der Waals surface area contributed by atoms with Crippen LogP contribution in [0, 0.1) is 11.8 Å². The van der Waals surface area contributed by atoms with Gasteiger partial charge in [0.2, 0.25) is 5.91 Å². The van der Waals surface area contributed by atoms with Gasteiger partial charge in [-0.15, -0.1) is 0 Å². The SMILES string of the molecule is CC(c1ccccc1)C(O)/C=C/[C@@H]1[C@H](C/C=C\CCCC(=O)NO)[C@@H]2CC[C@H]1O2. The first kappa shape index (κ1) is 21.8. The molecule has 5 heteroatoms. The average Bonchev–Trinajstić information content (AvgIpc) is 3.36. The van der Waals surface area contributed by atoms with Crippen molar-refractivity contribution in [2.45, 2.75) is 69.7 Å². The molecule has 158 valence electrons. The van der Waals surface area contributed by atoms with E-state index in [4.69, 9.17) is 9.94 Å². The molecule has 6 atom stereocenters. The van der Waals surface area contributed by atoms with Crippen molar-refractivity contribution < 1.29 is 19.8 Å². The van der Waals surface area contributed by atoms with E-state index in [1.807, 2.05) is 24.3 Å². The van der Waals surface area contributed by atoms with Crippen LogP contribution in [0.25, 0.3) is 0 Å². The van der Waals surface area contributed by atoms with E-state index in [0.29, 0.717) is 24.4 Å². The standard InChI is InChI=1S/C24H33NO4/c1-17(18-9-5-4-6-10-18)21(26)14-13-20-19(22-15-16-23(20)29-22)11-7-2-3-8-12-24(27)25-28/h2,4-7,9-10,13-14,17,19-23,26,28H,3,8,11-12,15-16H2,1H3,(H,25,27)/b7-2-,14-13+/t17?,19-,20+,21?,22-,23+/m0/s1. The summed E-state index contributed by atoms with van der Waals surface area (Å²) in [4.78, 5) is 11.0. The molecule has 1 aromatic carbocycles. The van der Waals surface area contributed by atoms with E-state index in [-0.39, 0.29) is 17.9 Å². The molecule has 1 aromatic rings. The lowest BCUT2D eigenvalue weighted by Crippen LogP contribution is -2.26. The lowest BCUT2D eigenvalue weighted by atomic mass is 9.77. The summed E-state index contributed by atoms with van der Waals surface area (Å²) in [6.07, 6.45) is 13.6. The van der Waals surface area contributed by atoms with Crippen molar-refractivity contribution in [1.29, 1.82) is 0 Å². The first-order valence-corrected chi connectivity index (χ1v) is 10.7. The third kappa shape index (κ3) is 5.78. The van der Waals surface area contributed by atoms with Crippen molar-refractivity contribution in [3.05, 3.63) is 60.2 Å². The maximum atomic E-state index is 11.0. The van der Waals surface area contributed by atoms with Gasteiger partial charge < -0.3 is 9.84 Å². The minimum absolute atomic E-state index is 0.0569. The number of carbonyl (C=O) groups excluding carboxylic acids is 1. The number of hydrogen-bond acceptors (Lipinski definition) is 4. The lowest BCUT2D eigenvalue weighted by molar-refractivity contribution is -0.129. The zero-order valence-corrected chi connectivity index (χ0v) is 17.1. The van der Waals surface area contributed by atoms with E-state index in [1.54, 1.807) is 5.48 Å². The van der Waals surface area contributed by atoms with Crippen LogP contribution < -0.4 is 5.48 Å². The second kappa shape index (κ2) is 10.7. The molecule has 2 bridgehead atoms. The smallest absolute Gasteiger partial charge is 0.243 e. The molecule has 0 spiro atoms. The van der Waals surface area contributed by atoms with Gasteiger partial charge in [0.25, 0.3) is 0 Å². The van der Waals surface area contributed by atoms with Crippen LogP contribution in [0.5, 0.6) is 0 Å². The Balaban J connectivity index is 1.52. The number of nitrogens with one attached hydrogen (secondary N) is 1. The number of aliphatic hydroxyl groups excluding tert-OH is 1. The number of amides is 1. The fraction of sp³-hybridized carbons (Fsp3) is 0.542. The molecule has 2 aliphatic rings. The number of rotatable bonds is 10. The molecule has 3 rings (SSSR count). The Hall–Kier alpha value is -1.95. The highest BCUT2D eigenvalue weighted by Gasteiger charge is 2.46. The van der Waals surface area contributed by atoms with E-state index >= 15 is 0 Å². The number of hydrogen-bond donors (Lipinski definition) is 3. The van der Waals surface area contributed by atoms with Crippen LogP contribution in [0.3, 0.4) is 0 Å². The number of ether oxygens (including phenoxy) is 1. The van der Waals surface area contributed by atoms with Gasteiger partial charge in [-0.25, -0.2) is 5.48 Å². The summed E-state index contributed by atoms with van der Waals surface area (Å²) in [5.74, 6) is 0.507. The molecule has 0 aliphatic carbocycles. The number of benzene rings is 1. The number of fused-ring (bicyclic) bond motifs is 2. The maximum Gasteiger partial charge on any atom is 0.243 e. The molecular weight excluding hydrogens is 366 g/mol. The van der Waals surface area contributed by atoms with Gasteiger partial charge in [0, 0.05) is 18.3 Å². The largest absolute Gasteiger partial charge is 0.388 e. The van der Waals surface area contributed by atoms with E-state index < -0.39 is 6.10 Å².